The zero-order chi connectivity index (χ0) is 14.5. The van der Waals surface area contributed by atoms with Gasteiger partial charge in [0.05, 0.1) is 17.8 Å². The number of nitrogens with zero attached hydrogens (tertiary/aromatic N) is 2. The zero-order valence-corrected chi connectivity index (χ0v) is 11.5. The number of benzene rings is 1. The number of hydrogen-bond donors (Lipinski definition) is 2. The Morgan fingerprint density at radius 2 is 2.30 bits per heavy atom. The SMILES string of the molecule is Cc1nn(C)cc1C(=O)Nc1cccc(C#CCN)c1. The molecule has 0 saturated carbocycles. The second kappa shape index (κ2) is 6.04. The summed E-state index contributed by atoms with van der Waals surface area (Å²) in [5.41, 5.74) is 8.11. The Hall–Kier alpha value is -2.58. The molecule has 1 aromatic carbocycles. The fourth-order valence-electron chi connectivity index (χ4n) is 1.85. The summed E-state index contributed by atoms with van der Waals surface area (Å²) < 4.78 is 1.62. The first-order valence-electron chi connectivity index (χ1n) is 6.20. The van der Waals surface area contributed by atoms with Gasteiger partial charge in [0.25, 0.3) is 5.91 Å². The molecule has 2 aromatic rings. The molecule has 0 aliphatic heterocycles. The predicted octanol–water partition coefficient (Wildman–Crippen LogP) is 1.29. The average Bonchev–Trinajstić information content (AvgIpc) is 2.76. The van der Waals surface area contributed by atoms with Crippen LogP contribution in [-0.2, 0) is 7.05 Å². The number of aryl methyl sites for hydroxylation is 2. The van der Waals surface area contributed by atoms with Crippen LogP contribution in [0.3, 0.4) is 0 Å². The van der Waals surface area contributed by atoms with Gasteiger partial charge < -0.3 is 11.1 Å². The number of carbonyl (C=O) groups is 1. The molecule has 0 aliphatic rings. The van der Waals surface area contributed by atoms with Crippen LogP contribution < -0.4 is 11.1 Å². The van der Waals surface area contributed by atoms with Crippen molar-refractivity contribution in [1.29, 1.82) is 0 Å². The van der Waals surface area contributed by atoms with Crippen LogP contribution in [0.5, 0.6) is 0 Å². The summed E-state index contributed by atoms with van der Waals surface area (Å²) in [6.45, 7) is 2.11. The molecule has 2 rings (SSSR count). The average molecular weight is 268 g/mol. The minimum Gasteiger partial charge on any atom is -0.322 e. The minimum atomic E-state index is -0.181. The summed E-state index contributed by atoms with van der Waals surface area (Å²) in [5.74, 6) is 5.53. The van der Waals surface area contributed by atoms with Crippen molar-refractivity contribution >= 4 is 11.6 Å². The van der Waals surface area contributed by atoms with Gasteiger partial charge in [-0.2, -0.15) is 5.10 Å². The van der Waals surface area contributed by atoms with Gasteiger partial charge in [0, 0.05) is 24.5 Å². The van der Waals surface area contributed by atoms with Crippen molar-refractivity contribution in [2.75, 3.05) is 11.9 Å². The molecule has 102 valence electrons. The maximum Gasteiger partial charge on any atom is 0.259 e. The largest absolute Gasteiger partial charge is 0.322 e. The van der Waals surface area contributed by atoms with Gasteiger partial charge in [0.1, 0.15) is 0 Å². The van der Waals surface area contributed by atoms with Crippen LogP contribution in [0.15, 0.2) is 30.5 Å². The van der Waals surface area contributed by atoms with Crippen LogP contribution in [0.2, 0.25) is 0 Å². The lowest BCUT2D eigenvalue weighted by atomic mass is 10.2. The number of amides is 1. The van der Waals surface area contributed by atoms with E-state index in [0.717, 1.165) is 5.56 Å². The lowest BCUT2D eigenvalue weighted by Crippen LogP contribution is -2.12. The highest BCUT2D eigenvalue weighted by Crippen LogP contribution is 2.13. The number of nitrogens with two attached hydrogens (primary N) is 1. The molecule has 1 amide bonds. The van der Waals surface area contributed by atoms with E-state index in [0.29, 0.717) is 23.5 Å². The van der Waals surface area contributed by atoms with Crippen LogP contribution in [-0.4, -0.2) is 22.2 Å². The number of aromatic nitrogens is 2. The highest BCUT2D eigenvalue weighted by molar-refractivity contribution is 6.04. The van der Waals surface area contributed by atoms with Gasteiger partial charge in [-0.1, -0.05) is 17.9 Å². The fraction of sp³-hybridized carbons (Fsp3) is 0.200. The molecule has 0 bridgehead atoms. The molecule has 0 unspecified atom stereocenters. The van der Waals surface area contributed by atoms with E-state index in [-0.39, 0.29) is 5.91 Å². The van der Waals surface area contributed by atoms with Gasteiger partial charge in [-0.3, -0.25) is 9.48 Å². The number of rotatable bonds is 2. The molecule has 0 atom stereocenters. The van der Waals surface area contributed by atoms with Crippen molar-refractivity contribution in [3.05, 3.63) is 47.3 Å². The molecular weight excluding hydrogens is 252 g/mol. The topological polar surface area (TPSA) is 72.9 Å². The van der Waals surface area contributed by atoms with Crippen molar-refractivity contribution < 1.29 is 4.79 Å². The van der Waals surface area contributed by atoms with Crippen molar-refractivity contribution in [3.63, 3.8) is 0 Å². The van der Waals surface area contributed by atoms with Gasteiger partial charge in [0.2, 0.25) is 0 Å². The van der Waals surface area contributed by atoms with Crippen LogP contribution in [0.25, 0.3) is 0 Å². The van der Waals surface area contributed by atoms with Crippen LogP contribution >= 0.6 is 0 Å². The van der Waals surface area contributed by atoms with E-state index >= 15 is 0 Å². The lowest BCUT2D eigenvalue weighted by molar-refractivity contribution is 0.102. The van der Waals surface area contributed by atoms with Crippen molar-refractivity contribution in [2.24, 2.45) is 12.8 Å². The highest BCUT2D eigenvalue weighted by Gasteiger charge is 2.12. The van der Waals surface area contributed by atoms with Crippen LogP contribution in [0.4, 0.5) is 5.69 Å². The monoisotopic (exact) mass is 268 g/mol. The highest BCUT2D eigenvalue weighted by atomic mass is 16.1. The Morgan fingerprint density at radius 1 is 1.50 bits per heavy atom. The maximum atomic E-state index is 12.2. The van der Waals surface area contributed by atoms with E-state index in [1.807, 2.05) is 24.3 Å². The summed E-state index contributed by atoms with van der Waals surface area (Å²) in [7, 11) is 1.78. The quantitative estimate of drug-likeness (QED) is 0.806. The molecule has 0 aliphatic carbocycles. The first-order chi connectivity index (χ1) is 9.60. The van der Waals surface area contributed by atoms with E-state index < -0.39 is 0 Å². The second-order valence-corrected chi connectivity index (χ2v) is 4.34. The molecule has 0 spiro atoms. The molecule has 3 N–H and O–H groups in total. The first kappa shape index (κ1) is 13.8. The first-order valence-corrected chi connectivity index (χ1v) is 6.20. The molecule has 20 heavy (non-hydrogen) atoms. The summed E-state index contributed by atoms with van der Waals surface area (Å²) in [4.78, 5) is 12.2. The summed E-state index contributed by atoms with van der Waals surface area (Å²) >= 11 is 0. The maximum absolute atomic E-state index is 12.2. The minimum absolute atomic E-state index is 0.181. The third kappa shape index (κ3) is 3.25. The Balaban J connectivity index is 2.17. The molecule has 1 heterocycles. The normalized spacial score (nSPS) is 9.75. The molecule has 5 nitrogen and oxygen atoms in total. The van der Waals surface area contributed by atoms with Crippen molar-refractivity contribution in [3.8, 4) is 11.8 Å². The Labute approximate surface area is 117 Å². The Morgan fingerprint density at radius 3 is 2.95 bits per heavy atom. The molecular formula is C15H16N4O. The third-order valence-electron chi connectivity index (χ3n) is 2.71. The smallest absolute Gasteiger partial charge is 0.259 e. The zero-order valence-electron chi connectivity index (χ0n) is 11.5. The molecule has 0 saturated heterocycles. The lowest BCUT2D eigenvalue weighted by Gasteiger charge is -2.04. The summed E-state index contributed by atoms with van der Waals surface area (Å²) in [6.07, 6.45) is 1.70. The number of hydrogen-bond acceptors (Lipinski definition) is 3. The molecule has 5 heteroatoms. The van der Waals surface area contributed by atoms with Crippen LogP contribution in [0, 0.1) is 18.8 Å². The van der Waals surface area contributed by atoms with E-state index in [9.17, 15) is 4.79 Å². The Bertz CT molecular complexity index is 691. The van der Waals surface area contributed by atoms with Gasteiger partial charge in [0.15, 0.2) is 0 Å². The number of nitrogens with one attached hydrogen (secondary N) is 1. The second-order valence-electron chi connectivity index (χ2n) is 4.34. The van der Waals surface area contributed by atoms with Gasteiger partial charge in [-0.05, 0) is 25.1 Å². The van der Waals surface area contributed by atoms with Crippen LogP contribution in [0.1, 0.15) is 21.6 Å². The number of anilines is 1. The molecule has 0 radical (unpaired) electrons. The van der Waals surface area contributed by atoms with Gasteiger partial charge in [-0.25, -0.2) is 0 Å². The summed E-state index contributed by atoms with van der Waals surface area (Å²) in [5, 5.41) is 6.99. The van der Waals surface area contributed by atoms with E-state index in [2.05, 4.69) is 22.3 Å². The summed E-state index contributed by atoms with van der Waals surface area (Å²) in [6, 6.07) is 7.34. The van der Waals surface area contributed by atoms with E-state index in [4.69, 9.17) is 5.73 Å². The Kier molecular flexibility index (Phi) is 4.18. The predicted molar refractivity (Wildman–Crippen MR) is 78.3 cm³/mol. The van der Waals surface area contributed by atoms with Crippen molar-refractivity contribution in [2.45, 2.75) is 6.92 Å². The van der Waals surface area contributed by atoms with Crippen molar-refractivity contribution in [1.82, 2.24) is 9.78 Å². The van der Waals surface area contributed by atoms with Gasteiger partial charge >= 0.3 is 0 Å². The third-order valence-corrected chi connectivity index (χ3v) is 2.71. The molecule has 1 aromatic heterocycles. The standard InChI is InChI=1S/C15H16N4O/c1-11-14(10-19(2)18-11)15(20)17-13-7-3-5-12(9-13)6-4-8-16/h3,5,7,9-10H,8,16H2,1-2H3,(H,17,20). The van der Waals surface area contributed by atoms with E-state index in [1.54, 1.807) is 24.9 Å². The van der Waals surface area contributed by atoms with E-state index in [1.165, 1.54) is 0 Å². The molecule has 0 fully saturated rings. The fourth-order valence-corrected chi connectivity index (χ4v) is 1.85. The number of carbonyl (C=O) groups excluding carboxylic acids is 1. The van der Waals surface area contributed by atoms with Gasteiger partial charge in [-0.15, -0.1) is 0 Å².